The summed E-state index contributed by atoms with van der Waals surface area (Å²) in [5.74, 6) is -4.36. The van der Waals surface area contributed by atoms with E-state index in [0.29, 0.717) is 13.2 Å². The van der Waals surface area contributed by atoms with Crippen molar-refractivity contribution in [3.63, 3.8) is 0 Å². The standard InChI is InChI=1S/C14H21NO6/c16-12(7-9-3-1-2-6-21-9)15-5-4-10(13(17)18)11(8-15)14(19)20/h9-11H,1-8H2,(H,17,18)(H,19,20). The van der Waals surface area contributed by atoms with Crippen molar-refractivity contribution in [1.29, 1.82) is 0 Å². The van der Waals surface area contributed by atoms with Crippen LogP contribution in [0.1, 0.15) is 32.1 Å². The van der Waals surface area contributed by atoms with Gasteiger partial charge in [0.2, 0.25) is 5.91 Å². The van der Waals surface area contributed by atoms with Crippen molar-refractivity contribution in [3.8, 4) is 0 Å². The Morgan fingerprint density at radius 1 is 1.05 bits per heavy atom. The van der Waals surface area contributed by atoms with Gasteiger partial charge in [0, 0.05) is 19.7 Å². The minimum atomic E-state index is -1.16. The minimum absolute atomic E-state index is 0.0299. The van der Waals surface area contributed by atoms with Gasteiger partial charge in [-0.1, -0.05) is 0 Å². The number of amides is 1. The number of nitrogens with zero attached hydrogens (tertiary/aromatic N) is 1. The maximum Gasteiger partial charge on any atom is 0.309 e. The Labute approximate surface area is 122 Å². The van der Waals surface area contributed by atoms with E-state index < -0.39 is 23.8 Å². The summed E-state index contributed by atoms with van der Waals surface area (Å²) in [6, 6.07) is 0. The number of ether oxygens (including phenoxy) is 1. The van der Waals surface area contributed by atoms with Crippen molar-refractivity contribution in [2.45, 2.75) is 38.2 Å². The number of hydrogen-bond acceptors (Lipinski definition) is 4. The summed E-state index contributed by atoms with van der Waals surface area (Å²) < 4.78 is 5.52. The Morgan fingerprint density at radius 3 is 2.33 bits per heavy atom. The van der Waals surface area contributed by atoms with Crippen LogP contribution in [0.25, 0.3) is 0 Å². The van der Waals surface area contributed by atoms with Gasteiger partial charge in [-0.3, -0.25) is 14.4 Å². The first-order chi connectivity index (χ1) is 9.99. The van der Waals surface area contributed by atoms with Crippen LogP contribution < -0.4 is 0 Å². The van der Waals surface area contributed by atoms with Gasteiger partial charge in [-0.05, 0) is 25.7 Å². The first kappa shape index (κ1) is 15.8. The summed E-state index contributed by atoms with van der Waals surface area (Å²) in [5, 5.41) is 18.2. The van der Waals surface area contributed by atoms with Crippen LogP contribution in [0.4, 0.5) is 0 Å². The van der Waals surface area contributed by atoms with Gasteiger partial charge >= 0.3 is 11.9 Å². The molecule has 2 heterocycles. The fourth-order valence-corrected chi connectivity index (χ4v) is 3.02. The Bertz CT molecular complexity index is 418. The third-order valence-electron chi connectivity index (χ3n) is 4.28. The molecule has 0 aromatic rings. The van der Waals surface area contributed by atoms with Crippen LogP contribution in [-0.4, -0.2) is 58.8 Å². The summed E-state index contributed by atoms with van der Waals surface area (Å²) in [7, 11) is 0. The van der Waals surface area contributed by atoms with E-state index in [1.54, 1.807) is 0 Å². The van der Waals surface area contributed by atoms with Crippen molar-refractivity contribution in [3.05, 3.63) is 0 Å². The lowest BCUT2D eigenvalue weighted by Crippen LogP contribution is -2.49. The normalized spacial score (nSPS) is 29.9. The van der Waals surface area contributed by atoms with E-state index in [0.717, 1.165) is 19.3 Å². The highest BCUT2D eigenvalue weighted by molar-refractivity contribution is 5.82. The summed E-state index contributed by atoms with van der Waals surface area (Å²) in [6.07, 6.45) is 3.24. The highest BCUT2D eigenvalue weighted by atomic mass is 16.5. The van der Waals surface area contributed by atoms with Gasteiger partial charge in [0.25, 0.3) is 0 Å². The first-order valence-electron chi connectivity index (χ1n) is 7.34. The fourth-order valence-electron chi connectivity index (χ4n) is 3.02. The third kappa shape index (κ3) is 3.93. The molecular formula is C14H21NO6. The quantitative estimate of drug-likeness (QED) is 0.787. The Morgan fingerprint density at radius 2 is 1.76 bits per heavy atom. The molecule has 2 rings (SSSR count). The molecule has 0 aromatic carbocycles. The van der Waals surface area contributed by atoms with E-state index in [1.807, 2.05) is 0 Å². The molecule has 0 spiro atoms. The lowest BCUT2D eigenvalue weighted by molar-refractivity contribution is -0.159. The summed E-state index contributed by atoms with van der Waals surface area (Å²) in [5.41, 5.74) is 0. The lowest BCUT2D eigenvalue weighted by Gasteiger charge is -2.35. The summed E-state index contributed by atoms with van der Waals surface area (Å²) in [6.45, 7) is 0.931. The van der Waals surface area contributed by atoms with Crippen LogP contribution >= 0.6 is 0 Å². The Hall–Kier alpha value is -1.63. The van der Waals surface area contributed by atoms with Gasteiger partial charge in [-0.25, -0.2) is 0 Å². The van der Waals surface area contributed by atoms with Gasteiger partial charge in [0.15, 0.2) is 0 Å². The molecular weight excluding hydrogens is 278 g/mol. The van der Waals surface area contributed by atoms with Crippen molar-refractivity contribution in [1.82, 2.24) is 4.90 Å². The second-order valence-corrected chi connectivity index (χ2v) is 5.71. The molecule has 21 heavy (non-hydrogen) atoms. The van der Waals surface area contributed by atoms with Gasteiger partial charge in [0.1, 0.15) is 0 Å². The smallest absolute Gasteiger partial charge is 0.309 e. The van der Waals surface area contributed by atoms with Gasteiger partial charge in [-0.15, -0.1) is 0 Å². The second-order valence-electron chi connectivity index (χ2n) is 5.71. The van der Waals surface area contributed by atoms with Crippen molar-refractivity contribution in [2.75, 3.05) is 19.7 Å². The maximum absolute atomic E-state index is 12.2. The minimum Gasteiger partial charge on any atom is -0.481 e. The molecule has 2 fully saturated rings. The largest absolute Gasteiger partial charge is 0.481 e. The average molecular weight is 299 g/mol. The van der Waals surface area contributed by atoms with Crippen LogP contribution in [0, 0.1) is 11.8 Å². The van der Waals surface area contributed by atoms with Crippen LogP contribution in [0.15, 0.2) is 0 Å². The number of rotatable bonds is 4. The number of carboxylic acids is 2. The Balaban J connectivity index is 1.93. The first-order valence-corrected chi connectivity index (χ1v) is 7.34. The molecule has 2 saturated heterocycles. The topological polar surface area (TPSA) is 104 Å². The van der Waals surface area contributed by atoms with E-state index >= 15 is 0 Å². The summed E-state index contributed by atoms with van der Waals surface area (Å²) >= 11 is 0. The van der Waals surface area contributed by atoms with E-state index in [9.17, 15) is 14.4 Å². The van der Waals surface area contributed by atoms with Gasteiger partial charge in [0.05, 0.1) is 24.4 Å². The van der Waals surface area contributed by atoms with E-state index in [-0.39, 0.29) is 31.4 Å². The number of likely N-dealkylation sites (tertiary alicyclic amines) is 1. The van der Waals surface area contributed by atoms with Crippen LogP contribution in [-0.2, 0) is 19.1 Å². The zero-order valence-electron chi connectivity index (χ0n) is 11.9. The van der Waals surface area contributed by atoms with Gasteiger partial charge < -0.3 is 19.8 Å². The number of carboxylic acid groups (broad SMARTS) is 2. The van der Waals surface area contributed by atoms with Crippen LogP contribution in [0.2, 0.25) is 0 Å². The van der Waals surface area contributed by atoms with Crippen LogP contribution in [0.5, 0.6) is 0 Å². The molecule has 0 saturated carbocycles. The van der Waals surface area contributed by atoms with Gasteiger partial charge in [-0.2, -0.15) is 0 Å². The lowest BCUT2D eigenvalue weighted by atomic mass is 9.85. The SMILES string of the molecule is O=C(O)C1CCN(C(=O)CC2CCCCO2)CC1C(=O)O. The van der Waals surface area contributed by atoms with Crippen molar-refractivity contribution in [2.24, 2.45) is 11.8 Å². The zero-order chi connectivity index (χ0) is 15.4. The third-order valence-corrected chi connectivity index (χ3v) is 4.28. The highest BCUT2D eigenvalue weighted by Gasteiger charge is 2.40. The monoisotopic (exact) mass is 299 g/mol. The molecule has 0 bridgehead atoms. The Kier molecular flexibility index (Phi) is 5.17. The molecule has 0 aliphatic carbocycles. The molecule has 3 atom stereocenters. The van der Waals surface area contributed by atoms with Crippen molar-refractivity contribution < 1.29 is 29.3 Å². The number of piperidine rings is 1. The molecule has 7 nitrogen and oxygen atoms in total. The molecule has 3 unspecified atom stereocenters. The second kappa shape index (κ2) is 6.89. The zero-order valence-corrected chi connectivity index (χ0v) is 11.9. The molecule has 2 aliphatic heterocycles. The highest BCUT2D eigenvalue weighted by Crippen LogP contribution is 2.26. The van der Waals surface area contributed by atoms with Crippen molar-refractivity contribution >= 4 is 17.8 Å². The molecule has 0 radical (unpaired) electrons. The van der Waals surface area contributed by atoms with E-state index in [2.05, 4.69) is 0 Å². The predicted molar refractivity (Wildman–Crippen MR) is 71.7 cm³/mol. The molecule has 2 N–H and O–H groups in total. The van der Waals surface area contributed by atoms with E-state index in [4.69, 9.17) is 14.9 Å². The number of aliphatic carboxylic acids is 2. The average Bonchev–Trinajstić information content (AvgIpc) is 2.47. The summed E-state index contributed by atoms with van der Waals surface area (Å²) in [4.78, 5) is 36.0. The number of hydrogen-bond donors (Lipinski definition) is 2. The predicted octanol–water partition coefficient (Wildman–Crippen LogP) is 0.580. The maximum atomic E-state index is 12.2. The fraction of sp³-hybridized carbons (Fsp3) is 0.786. The number of carbonyl (C=O) groups excluding carboxylic acids is 1. The van der Waals surface area contributed by atoms with Crippen LogP contribution in [0.3, 0.4) is 0 Å². The molecule has 118 valence electrons. The molecule has 0 aromatic heterocycles. The number of carbonyl (C=O) groups is 3. The van der Waals surface area contributed by atoms with E-state index in [1.165, 1.54) is 4.90 Å². The molecule has 7 heteroatoms. The molecule has 1 amide bonds. The molecule has 2 aliphatic rings.